The predicted octanol–water partition coefficient (Wildman–Crippen LogP) is 1.80. The van der Waals surface area contributed by atoms with Gasteiger partial charge >= 0.3 is 0 Å². The number of nitrogens with two attached hydrogens (primary N) is 1. The van der Waals surface area contributed by atoms with Crippen molar-refractivity contribution >= 4 is 11.8 Å². The van der Waals surface area contributed by atoms with Gasteiger partial charge in [0.2, 0.25) is 5.91 Å². The Kier molecular flexibility index (Phi) is 5.47. The molecule has 0 saturated heterocycles. The smallest absolute Gasteiger partial charge is 0.255 e. The molecule has 0 unspecified atom stereocenters. The molecule has 2 aromatic carbocycles. The molecule has 3 N–H and O–H groups in total. The van der Waals surface area contributed by atoms with Crippen LogP contribution in [0.25, 0.3) is 0 Å². The van der Waals surface area contributed by atoms with Crippen molar-refractivity contribution in [1.29, 1.82) is 0 Å². The van der Waals surface area contributed by atoms with Crippen LogP contribution in [-0.4, -0.2) is 25.0 Å². The summed E-state index contributed by atoms with van der Waals surface area (Å²) in [6.45, 7) is 0. The normalized spacial score (nSPS) is 11.6. The van der Waals surface area contributed by atoms with Crippen molar-refractivity contribution < 1.29 is 23.1 Å². The van der Waals surface area contributed by atoms with E-state index in [1.54, 1.807) is 24.3 Å². The van der Waals surface area contributed by atoms with Gasteiger partial charge in [0.1, 0.15) is 11.8 Å². The molecular formula is C17H16F2N2O3. The number of hydrogen-bond acceptors (Lipinski definition) is 3. The number of carbonyl (C=O) groups is 2. The molecule has 0 spiro atoms. The lowest BCUT2D eigenvalue weighted by molar-refractivity contribution is -0.119. The van der Waals surface area contributed by atoms with E-state index in [0.717, 1.165) is 12.1 Å². The Bertz CT molecular complexity index is 765. The molecule has 2 aromatic rings. The van der Waals surface area contributed by atoms with Crippen LogP contribution in [0.2, 0.25) is 0 Å². The molecule has 1 atom stereocenters. The Morgan fingerprint density at radius 3 is 2.58 bits per heavy atom. The van der Waals surface area contributed by atoms with Gasteiger partial charge in [-0.3, -0.25) is 9.59 Å². The topological polar surface area (TPSA) is 81.4 Å². The fourth-order valence-corrected chi connectivity index (χ4v) is 2.17. The third-order valence-electron chi connectivity index (χ3n) is 3.42. The van der Waals surface area contributed by atoms with Gasteiger partial charge in [0.05, 0.1) is 12.7 Å². The van der Waals surface area contributed by atoms with Gasteiger partial charge in [0, 0.05) is 6.42 Å². The second-order valence-electron chi connectivity index (χ2n) is 5.09. The van der Waals surface area contributed by atoms with E-state index in [1.165, 1.54) is 13.2 Å². The van der Waals surface area contributed by atoms with E-state index in [0.29, 0.717) is 11.3 Å². The van der Waals surface area contributed by atoms with Gasteiger partial charge in [-0.15, -0.1) is 0 Å². The highest BCUT2D eigenvalue weighted by Gasteiger charge is 2.22. The van der Waals surface area contributed by atoms with Crippen molar-refractivity contribution in [2.75, 3.05) is 7.11 Å². The summed E-state index contributed by atoms with van der Waals surface area (Å²) >= 11 is 0. The van der Waals surface area contributed by atoms with Gasteiger partial charge in [-0.25, -0.2) is 8.78 Å². The number of ether oxygens (including phenoxy) is 1. The van der Waals surface area contributed by atoms with Crippen molar-refractivity contribution in [2.45, 2.75) is 12.5 Å². The molecule has 0 bridgehead atoms. The van der Waals surface area contributed by atoms with Crippen molar-refractivity contribution in [2.24, 2.45) is 5.73 Å². The molecule has 0 saturated carbocycles. The van der Waals surface area contributed by atoms with Crippen LogP contribution in [0.5, 0.6) is 5.75 Å². The minimum absolute atomic E-state index is 0.0925. The molecule has 0 aliphatic heterocycles. The van der Waals surface area contributed by atoms with Gasteiger partial charge in [-0.05, 0) is 29.8 Å². The minimum atomic E-state index is -1.28. The van der Waals surface area contributed by atoms with Gasteiger partial charge < -0.3 is 15.8 Å². The second-order valence-corrected chi connectivity index (χ2v) is 5.09. The fourth-order valence-electron chi connectivity index (χ4n) is 2.17. The lowest BCUT2D eigenvalue weighted by Crippen LogP contribution is -2.46. The number of halogens is 2. The van der Waals surface area contributed by atoms with Crippen molar-refractivity contribution in [3.05, 3.63) is 65.2 Å². The van der Waals surface area contributed by atoms with Crippen molar-refractivity contribution in [1.82, 2.24) is 5.32 Å². The monoisotopic (exact) mass is 334 g/mol. The summed E-state index contributed by atoms with van der Waals surface area (Å²) in [5, 5.41) is 2.33. The molecule has 2 amide bonds. The van der Waals surface area contributed by atoms with Crippen LogP contribution in [0, 0.1) is 11.6 Å². The molecule has 2 rings (SSSR count). The zero-order valence-corrected chi connectivity index (χ0v) is 12.9. The van der Waals surface area contributed by atoms with Crippen LogP contribution < -0.4 is 15.8 Å². The Hall–Kier alpha value is -2.96. The standard InChI is InChI=1S/C17H16F2N2O3/c1-24-11-5-2-4-10(8-11)9-14(16(20)22)21-17(23)12-6-3-7-13(18)15(12)19/h2-8,14H,9H2,1H3,(H2,20,22)(H,21,23)/t14-/m1/s1. The summed E-state index contributed by atoms with van der Waals surface area (Å²) in [4.78, 5) is 23.7. The van der Waals surface area contributed by atoms with Crippen LogP contribution in [0.3, 0.4) is 0 Å². The van der Waals surface area contributed by atoms with E-state index < -0.39 is 35.1 Å². The number of carbonyl (C=O) groups excluding carboxylic acids is 2. The summed E-state index contributed by atoms with van der Waals surface area (Å²) in [7, 11) is 1.50. The highest BCUT2D eigenvalue weighted by Crippen LogP contribution is 2.15. The van der Waals surface area contributed by atoms with Crippen LogP contribution in [0.15, 0.2) is 42.5 Å². The molecule has 0 radical (unpaired) electrons. The van der Waals surface area contributed by atoms with Crippen LogP contribution in [-0.2, 0) is 11.2 Å². The number of benzene rings is 2. The molecule has 0 heterocycles. The third-order valence-corrected chi connectivity index (χ3v) is 3.42. The van der Waals surface area contributed by atoms with Crippen LogP contribution >= 0.6 is 0 Å². The average molecular weight is 334 g/mol. The van der Waals surface area contributed by atoms with Gasteiger partial charge in [0.25, 0.3) is 5.91 Å². The maximum Gasteiger partial charge on any atom is 0.255 e. The average Bonchev–Trinajstić information content (AvgIpc) is 2.56. The number of hydrogen-bond donors (Lipinski definition) is 2. The molecule has 24 heavy (non-hydrogen) atoms. The molecular weight excluding hydrogens is 318 g/mol. The number of nitrogens with one attached hydrogen (secondary N) is 1. The Morgan fingerprint density at radius 1 is 1.21 bits per heavy atom. The van der Waals surface area contributed by atoms with E-state index in [4.69, 9.17) is 10.5 Å². The van der Waals surface area contributed by atoms with Gasteiger partial charge in [-0.2, -0.15) is 0 Å². The lowest BCUT2D eigenvalue weighted by atomic mass is 10.0. The first-order chi connectivity index (χ1) is 11.4. The largest absolute Gasteiger partial charge is 0.497 e. The first-order valence-electron chi connectivity index (χ1n) is 7.09. The first kappa shape index (κ1) is 17.4. The molecule has 0 aliphatic rings. The minimum Gasteiger partial charge on any atom is -0.497 e. The zero-order chi connectivity index (χ0) is 17.7. The van der Waals surface area contributed by atoms with E-state index in [9.17, 15) is 18.4 Å². The number of methoxy groups -OCH3 is 1. The first-order valence-corrected chi connectivity index (χ1v) is 7.09. The molecule has 0 aliphatic carbocycles. The van der Waals surface area contributed by atoms with Gasteiger partial charge in [-0.1, -0.05) is 18.2 Å². The van der Waals surface area contributed by atoms with E-state index in [1.807, 2.05) is 0 Å². The van der Waals surface area contributed by atoms with Crippen LogP contribution in [0.1, 0.15) is 15.9 Å². The number of primary amides is 1. The number of rotatable bonds is 6. The van der Waals surface area contributed by atoms with Crippen LogP contribution in [0.4, 0.5) is 8.78 Å². The summed E-state index contributed by atoms with van der Waals surface area (Å²) < 4.78 is 31.9. The van der Waals surface area contributed by atoms with Gasteiger partial charge in [0.15, 0.2) is 11.6 Å². The summed E-state index contributed by atoms with van der Waals surface area (Å²) in [6, 6.07) is 9.01. The second kappa shape index (κ2) is 7.54. The summed E-state index contributed by atoms with van der Waals surface area (Å²) in [6.07, 6.45) is 0.0925. The number of amides is 2. The molecule has 0 aromatic heterocycles. The van der Waals surface area contributed by atoms with Crippen molar-refractivity contribution in [3.63, 3.8) is 0 Å². The predicted molar refractivity (Wildman–Crippen MR) is 83.5 cm³/mol. The maximum absolute atomic E-state index is 13.7. The quantitative estimate of drug-likeness (QED) is 0.845. The van der Waals surface area contributed by atoms with E-state index in [2.05, 4.69) is 5.32 Å². The Morgan fingerprint density at radius 2 is 1.92 bits per heavy atom. The molecule has 5 nitrogen and oxygen atoms in total. The third kappa shape index (κ3) is 4.07. The Balaban J connectivity index is 2.17. The fraction of sp³-hybridized carbons (Fsp3) is 0.176. The summed E-state index contributed by atoms with van der Waals surface area (Å²) in [5.41, 5.74) is 5.50. The van der Waals surface area contributed by atoms with Crippen molar-refractivity contribution in [3.8, 4) is 5.75 Å². The Labute approximate surface area is 137 Å². The maximum atomic E-state index is 13.7. The van der Waals surface area contributed by atoms with E-state index in [-0.39, 0.29) is 6.42 Å². The zero-order valence-electron chi connectivity index (χ0n) is 12.9. The summed E-state index contributed by atoms with van der Waals surface area (Å²) in [5.74, 6) is -3.55. The SMILES string of the molecule is COc1cccc(C[C@@H](NC(=O)c2cccc(F)c2F)C(N)=O)c1. The molecule has 0 fully saturated rings. The highest BCUT2D eigenvalue weighted by molar-refractivity contribution is 5.97. The molecule has 7 heteroatoms. The highest BCUT2D eigenvalue weighted by atomic mass is 19.2. The van der Waals surface area contributed by atoms with E-state index >= 15 is 0 Å². The molecule has 126 valence electrons. The lowest BCUT2D eigenvalue weighted by Gasteiger charge is -2.16.